The maximum absolute atomic E-state index is 13.6. The summed E-state index contributed by atoms with van der Waals surface area (Å²) in [4.78, 5) is 4.07. The first-order valence-electron chi connectivity index (χ1n) is 6.58. The van der Waals surface area contributed by atoms with Crippen LogP contribution in [0.4, 0.5) is 10.2 Å². The van der Waals surface area contributed by atoms with Gasteiger partial charge in [0, 0.05) is 18.2 Å². The molecule has 1 fully saturated rings. The van der Waals surface area contributed by atoms with Crippen LogP contribution in [0.2, 0.25) is 0 Å². The molecule has 0 aromatic carbocycles. The first kappa shape index (κ1) is 14.3. The van der Waals surface area contributed by atoms with Gasteiger partial charge in [-0.1, -0.05) is 0 Å². The first-order valence-corrected chi connectivity index (χ1v) is 6.99. The van der Waals surface area contributed by atoms with Gasteiger partial charge in [0.2, 0.25) is 0 Å². The van der Waals surface area contributed by atoms with Crippen LogP contribution in [-0.4, -0.2) is 26.3 Å². The highest BCUT2D eigenvalue weighted by molar-refractivity contribution is 7.80. The Morgan fingerprint density at radius 1 is 1.41 bits per heavy atom. The van der Waals surface area contributed by atoms with Crippen molar-refractivity contribution in [2.75, 3.05) is 5.32 Å². The first-order chi connectivity index (χ1) is 10.7. The standard InChI is InChI=1S/C14H11FN6S/c15-10-2-1-4-17-12(10)9-6-11(9)19-14(22)20-13-8(7-16)3-5-18-21-13/h1-5,9,11H,6H2,(H2,19,20,21,22). The van der Waals surface area contributed by atoms with Gasteiger partial charge in [-0.3, -0.25) is 4.98 Å². The summed E-state index contributed by atoms with van der Waals surface area (Å²) in [5.74, 6) is -0.0154. The molecule has 0 bridgehead atoms. The fraction of sp³-hybridized carbons (Fsp3) is 0.214. The number of thiocarbonyl (C=S) groups is 1. The number of nitriles is 1. The zero-order valence-corrected chi connectivity index (χ0v) is 12.1. The number of hydrogen-bond acceptors (Lipinski definition) is 5. The van der Waals surface area contributed by atoms with E-state index in [0.717, 1.165) is 6.42 Å². The smallest absolute Gasteiger partial charge is 0.172 e. The van der Waals surface area contributed by atoms with E-state index in [0.29, 0.717) is 22.2 Å². The second-order valence-corrected chi connectivity index (χ2v) is 5.23. The summed E-state index contributed by atoms with van der Waals surface area (Å²) in [5, 5.41) is 22.7. The predicted octanol–water partition coefficient (Wildman–Crippen LogP) is 1.72. The van der Waals surface area contributed by atoms with Crippen molar-refractivity contribution in [3.05, 3.63) is 47.7 Å². The van der Waals surface area contributed by atoms with E-state index in [2.05, 4.69) is 25.8 Å². The molecule has 2 aromatic heterocycles. The fourth-order valence-electron chi connectivity index (χ4n) is 2.15. The summed E-state index contributed by atoms with van der Waals surface area (Å²) in [6.45, 7) is 0. The lowest BCUT2D eigenvalue weighted by molar-refractivity contribution is 0.597. The molecule has 0 saturated heterocycles. The van der Waals surface area contributed by atoms with Crippen LogP contribution in [0.3, 0.4) is 0 Å². The molecule has 0 aliphatic heterocycles. The third kappa shape index (κ3) is 2.99. The Labute approximate surface area is 131 Å². The van der Waals surface area contributed by atoms with E-state index in [1.54, 1.807) is 18.3 Å². The second-order valence-electron chi connectivity index (χ2n) is 4.82. The molecule has 1 aliphatic rings. The Balaban J connectivity index is 1.60. The van der Waals surface area contributed by atoms with E-state index in [1.165, 1.54) is 12.3 Å². The Morgan fingerprint density at radius 3 is 3.05 bits per heavy atom. The summed E-state index contributed by atoms with van der Waals surface area (Å²) in [6, 6.07) is 6.52. The van der Waals surface area contributed by atoms with E-state index in [4.69, 9.17) is 17.5 Å². The maximum atomic E-state index is 13.6. The second kappa shape index (κ2) is 5.99. The van der Waals surface area contributed by atoms with Gasteiger partial charge in [0.1, 0.15) is 11.9 Å². The summed E-state index contributed by atoms with van der Waals surface area (Å²) >= 11 is 5.18. The summed E-state index contributed by atoms with van der Waals surface area (Å²) in [7, 11) is 0. The van der Waals surface area contributed by atoms with Gasteiger partial charge in [-0.15, -0.1) is 5.10 Å². The Bertz CT molecular complexity index is 759. The van der Waals surface area contributed by atoms with E-state index in [9.17, 15) is 4.39 Å². The predicted molar refractivity (Wildman–Crippen MR) is 81.4 cm³/mol. The van der Waals surface area contributed by atoms with Gasteiger partial charge < -0.3 is 10.6 Å². The fourth-order valence-corrected chi connectivity index (χ4v) is 2.40. The third-order valence-corrected chi connectivity index (χ3v) is 3.54. The minimum Gasteiger partial charge on any atom is -0.359 e. The molecule has 0 spiro atoms. The number of rotatable bonds is 3. The van der Waals surface area contributed by atoms with Gasteiger partial charge in [0.15, 0.2) is 10.9 Å². The number of nitrogens with one attached hydrogen (secondary N) is 2. The van der Waals surface area contributed by atoms with E-state index in [1.807, 2.05) is 6.07 Å². The Kier molecular flexibility index (Phi) is 3.89. The van der Waals surface area contributed by atoms with Gasteiger partial charge >= 0.3 is 0 Å². The topological polar surface area (TPSA) is 86.5 Å². The normalized spacial score (nSPS) is 19.1. The molecule has 3 rings (SSSR count). The summed E-state index contributed by atoms with van der Waals surface area (Å²) < 4.78 is 13.6. The minimum atomic E-state index is -0.309. The Morgan fingerprint density at radius 2 is 2.27 bits per heavy atom. The highest BCUT2D eigenvalue weighted by Crippen LogP contribution is 2.40. The van der Waals surface area contributed by atoms with Crippen molar-refractivity contribution in [2.45, 2.75) is 18.4 Å². The Hall–Kier alpha value is -2.66. The van der Waals surface area contributed by atoms with Crippen LogP contribution in [0, 0.1) is 17.1 Å². The lowest BCUT2D eigenvalue weighted by Gasteiger charge is -2.10. The SMILES string of the molecule is N#Cc1ccnnc1NC(=S)NC1CC1c1ncccc1F. The van der Waals surface area contributed by atoms with Crippen LogP contribution >= 0.6 is 12.2 Å². The van der Waals surface area contributed by atoms with E-state index in [-0.39, 0.29) is 17.8 Å². The van der Waals surface area contributed by atoms with Crippen LogP contribution in [0.25, 0.3) is 0 Å². The number of hydrogen-bond donors (Lipinski definition) is 2. The van der Waals surface area contributed by atoms with Crippen molar-refractivity contribution >= 4 is 23.1 Å². The van der Waals surface area contributed by atoms with E-state index >= 15 is 0 Å². The molecular formula is C14H11FN6S. The van der Waals surface area contributed by atoms with Crippen molar-refractivity contribution < 1.29 is 4.39 Å². The van der Waals surface area contributed by atoms with Crippen molar-refractivity contribution in [2.24, 2.45) is 0 Å². The van der Waals surface area contributed by atoms with Gasteiger partial charge in [0.25, 0.3) is 0 Å². The average Bonchev–Trinajstić information content (AvgIpc) is 3.27. The molecular weight excluding hydrogens is 303 g/mol. The molecule has 110 valence electrons. The van der Waals surface area contributed by atoms with Gasteiger partial charge in [-0.2, -0.15) is 10.4 Å². The minimum absolute atomic E-state index is 0.00163. The van der Waals surface area contributed by atoms with Crippen molar-refractivity contribution in [3.8, 4) is 6.07 Å². The highest BCUT2D eigenvalue weighted by Gasteiger charge is 2.41. The van der Waals surface area contributed by atoms with Crippen molar-refractivity contribution in [1.82, 2.24) is 20.5 Å². The van der Waals surface area contributed by atoms with Crippen molar-refractivity contribution in [1.29, 1.82) is 5.26 Å². The molecule has 2 heterocycles. The van der Waals surface area contributed by atoms with E-state index < -0.39 is 0 Å². The molecule has 2 N–H and O–H groups in total. The van der Waals surface area contributed by atoms with Crippen LogP contribution in [-0.2, 0) is 0 Å². The quantitative estimate of drug-likeness (QED) is 0.834. The highest BCUT2D eigenvalue weighted by atomic mass is 32.1. The molecule has 1 saturated carbocycles. The molecule has 2 unspecified atom stereocenters. The van der Waals surface area contributed by atoms with Crippen LogP contribution in [0.1, 0.15) is 23.6 Å². The third-order valence-electron chi connectivity index (χ3n) is 3.32. The van der Waals surface area contributed by atoms with Crippen LogP contribution < -0.4 is 10.6 Å². The number of aromatic nitrogens is 3. The average molecular weight is 314 g/mol. The molecule has 8 heteroatoms. The van der Waals surface area contributed by atoms with Gasteiger partial charge in [-0.05, 0) is 36.8 Å². The largest absolute Gasteiger partial charge is 0.359 e. The number of pyridine rings is 1. The molecule has 0 radical (unpaired) electrons. The number of nitrogens with zero attached hydrogens (tertiary/aromatic N) is 4. The molecule has 6 nitrogen and oxygen atoms in total. The molecule has 2 aromatic rings. The lowest BCUT2D eigenvalue weighted by atomic mass is 10.2. The molecule has 2 atom stereocenters. The lowest BCUT2D eigenvalue weighted by Crippen LogP contribution is -2.31. The van der Waals surface area contributed by atoms with Crippen molar-refractivity contribution in [3.63, 3.8) is 0 Å². The molecule has 1 aliphatic carbocycles. The zero-order chi connectivity index (χ0) is 15.5. The maximum Gasteiger partial charge on any atom is 0.172 e. The number of halogens is 1. The molecule has 22 heavy (non-hydrogen) atoms. The molecule has 0 amide bonds. The summed E-state index contributed by atoms with van der Waals surface area (Å²) in [5.41, 5.74) is 0.794. The monoisotopic (exact) mass is 314 g/mol. The zero-order valence-electron chi connectivity index (χ0n) is 11.3. The van der Waals surface area contributed by atoms with Gasteiger partial charge in [0.05, 0.1) is 17.5 Å². The number of anilines is 1. The van der Waals surface area contributed by atoms with Crippen LogP contribution in [0.15, 0.2) is 30.6 Å². The van der Waals surface area contributed by atoms with Crippen LogP contribution in [0.5, 0.6) is 0 Å². The van der Waals surface area contributed by atoms with Gasteiger partial charge in [-0.25, -0.2) is 4.39 Å². The summed E-state index contributed by atoms with van der Waals surface area (Å²) in [6.07, 6.45) is 3.76.